The topological polar surface area (TPSA) is 38.5 Å². The Morgan fingerprint density at radius 1 is 1.29 bits per heavy atom. The number of fused-ring (bicyclic) bond motifs is 1. The van der Waals surface area contributed by atoms with E-state index in [4.69, 9.17) is 10.5 Å². The van der Waals surface area contributed by atoms with Gasteiger partial charge < -0.3 is 10.5 Å². The Kier molecular flexibility index (Phi) is 2.81. The fraction of sp³-hybridized carbons (Fsp3) is 0.571. The molecule has 0 amide bonds. The number of nitrogens with zero attached hydrogens (tertiary/aromatic N) is 1. The first-order chi connectivity index (χ1) is 8.34. The highest BCUT2D eigenvalue weighted by atomic mass is 16.5. The summed E-state index contributed by atoms with van der Waals surface area (Å²) in [7, 11) is 0. The minimum atomic E-state index is 0.251. The molecule has 1 aromatic carbocycles. The molecule has 1 aliphatic heterocycles. The van der Waals surface area contributed by atoms with Crippen LogP contribution in [0.25, 0.3) is 0 Å². The van der Waals surface area contributed by atoms with E-state index in [9.17, 15) is 0 Å². The summed E-state index contributed by atoms with van der Waals surface area (Å²) in [5.41, 5.74) is 7.53. The predicted molar refractivity (Wildman–Crippen MR) is 68.0 cm³/mol. The van der Waals surface area contributed by atoms with E-state index >= 15 is 0 Å². The van der Waals surface area contributed by atoms with Gasteiger partial charge in [-0.15, -0.1) is 0 Å². The maximum Gasteiger partial charge on any atom is 0.123 e. The first-order valence-electron chi connectivity index (χ1n) is 6.50. The summed E-state index contributed by atoms with van der Waals surface area (Å²) in [6.45, 7) is 3.52. The number of hydrogen-bond acceptors (Lipinski definition) is 3. The van der Waals surface area contributed by atoms with Crippen LogP contribution in [0.15, 0.2) is 24.3 Å². The average Bonchev–Trinajstić information content (AvgIpc) is 2.50. The first kappa shape index (κ1) is 11.1. The Morgan fingerprint density at radius 3 is 2.82 bits per heavy atom. The molecular weight excluding hydrogens is 212 g/mol. The van der Waals surface area contributed by atoms with Gasteiger partial charge in [0.15, 0.2) is 0 Å². The zero-order valence-corrected chi connectivity index (χ0v) is 10.2. The van der Waals surface area contributed by atoms with Crippen LogP contribution in [-0.2, 0) is 6.54 Å². The van der Waals surface area contributed by atoms with E-state index < -0.39 is 0 Å². The van der Waals surface area contributed by atoms with Gasteiger partial charge in [0.05, 0.1) is 0 Å². The van der Waals surface area contributed by atoms with Gasteiger partial charge in [-0.3, -0.25) is 4.90 Å². The molecule has 0 bridgehead atoms. The molecule has 92 valence electrons. The fourth-order valence-corrected chi connectivity index (χ4v) is 2.96. The van der Waals surface area contributed by atoms with Gasteiger partial charge in [-0.05, 0) is 25.3 Å². The minimum absolute atomic E-state index is 0.251. The molecule has 2 aliphatic rings. The Morgan fingerprint density at radius 2 is 2.12 bits per heavy atom. The molecule has 0 spiro atoms. The molecule has 3 nitrogen and oxygen atoms in total. The molecule has 0 atom stereocenters. The van der Waals surface area contributed by atoms with Crippen molar-refractivity contribution in [2.24, 2.45) is 5.73 Å². The molecule has 3 rings (SSSR count). The van der Waals surface area contributed by atoms with E-state index in [0.717, 1.165) is 32.0 Å². The number of nitrogens with two attached hydrogens (primary N) is 1. The van der Waals surface area contributed by atoms with Gasteiger partial charge in [-0.25, -0.2) is 0 Å². The van der Waals surface area contributed by atoms with Gasteiger partial charge >= 0.3 is 0 Å². The molecule has 0 unspecified atom stereocenters. The lowest BCUT2D eigenvalue weighted by atomic mass is 9.75. The van der Waals surface area contributed by atoms with Crippen LogP contribution in [0.5, 0.6) is 5.75 Å². The van der Waals surface area contributed by atoms with Crippen molar-refractivity contribution < 1.29 is 4.74 Å². The lowest BCUT2D eigenvalue weighted by Gasteiger charge is -2.49. The Balaban J connectivity index is 1.85. The van der Waals surface area contributed by atoms with Crippen molar-refractivity contribution in [2.45, 2.75) is 31.3 Å². The van der Waals surface area contributed by atoms with E-state index in [0.29, 0.717) is 0 Å². The van der Waals surface area contributed by atoms with E-state index in [1.807, 2.05) is 6.07 Å². The highest BCUT2D eigenvalue weighted by molar-refractivity contribution is 5.34. The first-order valence-corrected chi connectivity index (χ1v) is 6.50. The van der Waals surface area contributed by atoms with Crippen molar-refractivity contribution in [2.75, 3.05) is 19.7 Å². The number of hydrogen-bond donors (Lipinski definition) is 1. The number of rotatable bonds is 2. The summed E-state index contributed by atoms with van der Waals surface area (Å²) in [4.78, 5) is 2.53. The van der Waals surface area contributed by atoms with Crippen LogP contribution < -0.4 is 10.5 Å². The second kappa shape index (κ2) is 4.31. The predicted octanol–water partition coefficient (Wildman–Crippen LogP) is 1.76. The average molecular weight is 232 g/mol. The molecule has 1 aliphatic carbocycles. The molecule has 0 radical (unpaired) electrons. The van der Waals surface area contributed by atoms with Gasteiger partial charge in [0.25, 0.3) is 0 Å². The second-order valence-electron chi connectivity index (χ2n) is 5.16. The van der Waals surface area contributed by atoms with Crippen LogP contribution in [-0.4, -0.2) is 30.1 Å². The molecule has 0 saturated heterocycles. The van der Waals surface area contributed by atoms with Crippen molar-refractivity contribution >= 4 is 0 Å². The quantitative estimate of drug-likeness (QED) is 0.844. The maximum absolute atomic E-state index is 5.99. The van der Waals surface area contributed by atoms with Crippen LogP contribution in [0.4, 0.5) is 0 Å². The molecule has 1 heterocycles. The monoisotopic (exact) mass is 232 g/mol. The maximum atomic E-state index is 5.99. The molecule has 1 aromatic rings. The van der Waals surface area contributed by atoms with Crippen molar-refractivity contribution in [3.8, 4) is 5.75 Å². The summed E-state index contributed by atoms with van der Waals surface area (Å²) < 4.78 is 5.80. The third kappa shape index (κ3) is 1.83. The normalized spacial score (nSPS) is 23.1. The Bertz CT molecular complexity index is 395. The van der Waals surface area contributed by atoms with Gasteiger partial charge in [0.1, 0.15) is 12.4 Å². The number of benzene rings is 1. The van der Waals surface area contributed by atoms with E-state index in [-0.39, 0.29) is 5.54 Å². The van der Waals surface area contributed by atoms with Crippen LogP contribution in [0.2, 0.25) is 0 Å². The van der Waals surface area contributed by atoms with Gasteiger partial charge in [0, 0.05) is 30.7 Å². The summed E-state index contributed by atoms with van der Waals surface area (Å²) in [5, 5.41) is 0. The third-order valence-corrected chi connectivity index (χ3v) is 4.29. The summed E-state index contributed by atoms with van der Waals surface area (Å²) in [6, 6.07) is 8.35. The summed E-state index contributed by atoms with van der Waals surface area (Å²) >= 11 is 0. The lowest BCUT2D eigenvalue weighted by molar-refractivity contribution is 0.0134. The Labute approximate surface area is 103 Å². The molecule has 3 heteroatoms. The van der Waals surface area contributed by atoms with Crippen molar-refractivity contribution in [1.82, 2.24) is 4.90 Å². The standard InChI is InChI=1S/C14H20N2O/c15-11-14(6-3-7-14)16-8-9-17-13-5-2-1-4-12(13)10-16/h1-2,4-5H,3,6-11,15H2. The van der Waals surface area contributed by atoms with Crippen LogP contribution >= 0.6 is 0 Å². The van der Waals surface area contributed by atoms with Crippen molar-refractivity contribution in [3.63, 3.8) is 0 Å². The highest BCUT2D eigenvalue weighted by Gasteiger charge is 2.41. The number of ether oxygens (including phenoxy) is 1. The largest absolute Gasteiger partial charge is 0.492 e. The summed E-state index contributed by atoms with van der Waals surface area (Å²) in [6.07, 6.45) is 3.80. The smallest absolute Gasteiger partial charge is 0.123 e. The second-order valence-corrected chi connectivity index (χ2v) is 5.16. The lowest BCUT2D eigenvalue weighted by Crippen LogP contribution is -2.58. The molecule has 1 fully saturated rings. The van der Waals surface area contributed by atoms with E-state index in [2.05, 4.69) is 23.1 Å². The zero-order chi connectivity index (χ0) is 11.7. The molecule has 1 saturated carbocycles. The van der Waals surface area contributed by atoms with Crippen molar-refractivity contribution in [3.05, 3.63) is 29.8 Å². The van der Waals surface area contributed by atoms with Crippen LogP contribution in [0.1, 0.15) is 24.8 Å². The molecule has 17 heavy (non-hydrogen) atoms. The number of para-hydroxylation sites is 1. The summed E-state index contributed by atoms with van der Waals surface area (Å²) in [5.74, 6) is 1.04. The van der Waals surface area contributed by atoms with Crippen LogP contribution in [0.3, 0.4) is 0 Å². The van der Waals surface area contributed by atoms with Gasteiger partial charge in [-0.1, -0.05) is 18.2 Å². The SMILES string of the molecule is NCC1(N2CCOc3ccccc3C2)CCC1. The molecular formula is C14H20N2O. The molecule has 0 aromatic heterocycles. The van der Waals surface area contributed by atoms with E-state index in [1.54, 1.807) is 0 Å². The highest BCUT2D eigenvalue weighted by Crippen LogP contribution is 2.39. The minimum Gasteiger partial charge on any atom is -0.492 e. The van der Waals surface area contributed by atoms with Gasteiger partial charge in [-0.2, -0.15) is 0 Å². The van der Waals surface area contributed by atoms with Gasteiger partial charge in [0.2, 0.25) is 0 Å². The zero-order valence-electron chi connectivity index (χ0n) is 10.2. The Hall–Kier alpha value is -1.06. The van der Waals surface area contributed by atoms with E-state index in [1.165, 1.54) is 24.8 Å². The molecule has 2 N–H and O–H groups in total. The van der Waals surface area contributed by atoms with Crippen LogP contribution in [0, 0.1) is 0 Å². The third-order valence-electron chi connectivity index (χ3n) is 4.29. The van der Waals surface area contributed by atoms with Crippen molar-refractivity contribution in [1.29, 1.82) is 0 Å². The fourth-order valence-electron chi connectivity index (χ4n) is 2.96.